The van der Waals surface area contributed by atoms with Gasteiger partial charge in [0.05, 0.1) is 18.0 Å². The summed E-state index contributed by atoms with van der Waals surface area (Å²) in [4.78, 5) is 23.9. The van der Waals surface area contributed by atoms with Crippen molar-refractivity contribution in [2.45, 2.75) is 51.2 Å². The molecule has 1 aromatic heterocycles. The maximum atomic E-state index is 12.9. The Hall–Kier alpha value is -2.34. The molecule has 1 spiro atoms. The van der Waals surface area contributed by atoms with Crippen molar-refractivity contribution in [1.29, 1.82) is 0 Å². The number of hydrogen-bond acceptors (Lipinski definition) is 4. The van der Waals surface area contributed by atoms with Crippen LogP contribution in [0.2, 0.25) is 0 Å². The molecule has 6 heteroatoms. The Balaban J connectivity index is 1.32. The second-order valence-corrected chi connectivity index (χ2v) is 8.48. The molecule has 4 heterocycles. The number of nitrogens with one attached hydrogen (secondary N) is 1. The molecule has 2 aromatic rings. The van der Waals surface area contributed by atoms with Gasteiger partial charge in [-0.3, -0.25) is 4.79 Å². The molecule has 6 nitrogen and oxygen atoms in total. The number of carbonyl (C=O) groups excluding carboxylic acids is 1. The van der Waals surface area contributed by atoms with Crippen molar-refractivity contribution < 1.29 is 14.4 Å². The van der Waals surface area contributed by atoms with Crippen molar-refractivity contribution in [3.8, 4) is 0 Å². The van der Waals surface area contributed by atoms with E-state index in [-0.39, 0.29) is 11.5 Å². The van der Waals surface area contributed by atoms with E-state index in [0.29, 0.717) is 25.4 Å². The van der Waals surface area contributed by atoms with Crippen LogP contribution < -0.4 is 0 Å². The molecular formula is C22H27N3O3. The number of amides is 1. The van der Waals surface area contributed by atoms with Crippen molar-refractivity contribution >= 4 is 22.5 Å². The zero-order valence-corrected chi connectivity index (χ0v) is 16.5. The minimum atomic E-state index is -0.456. The van der Waals surface area contributed by atoms with Crippen molar-refractivity contribution in [3.63, 3.8) is 0 Å². The number of likely N-dealkylation sites (tertiary alicyclic amines) is 1. The summed E-state index contributed by atoms with van der Waals surface area (Å²) in [6, 6.07) is 8.47. The molecule has 1 fully saturated rings. The molecule has 3 aliphatic rings. The molecule has 1 aromatic carbocycles. The van der Waals surface area contributed by atoms with Crippen LogP contribution in [0, 0.1) is 5.92 Å². The van der Waals surface area contributed by atoms with Crippen LogP contribution in [0.1, 0.15) is 44.4 Å². The molecule has 1 N–H and O–H groups in total. The van der Waals surface area contributed by atoms with Gasteiger partial charge < -0.3 is 19.5 Å². The zero-order valence-electron chi connectivity index (χ0n) is 16.5. The van der Waals surface area contributed by atoms with E-state index < -0.39 is 6.10 Å². The lowest BCUT2D eigenvalue weighted by Crippen LogP contribution is -2.50. The highest BCUT2D eigenvalue weighted by Gasteiger charge is 2.45. The third-order valence-corrected chi connectivity index (χ3v) is 6.52. The average Bonchev–Trinajstić information content (AvgIpc) is 3.34. The fourth-order valence-electron chi connectivity index (χ4n) is 4.82. The number of rotatable bonds is 2. The van der Waals surface area contributed by atoms with E-state index in [2.05, 4.69) is 48.3 Å². The smallest absolute Gasteiger partial charge is 0.266 e. The minimum Gasteiger partial charge on any atom is -0.382 e. The van der Waals surface area contributed by atoms with E-state index in [1.807, 2.05) is 4.90 Å². The molecule has 1 saturated heterocycles. The first-order valence-electron chi connectivity index (χ1n) is 10.3. The van der Waals surface area contributed by atoms with E-state index in [1.165, 1.54) is 22.2 Å². The van der Waals surface area contributed by atoms with Gasteiger partial charge in [-0.1, -0.05) is 37.2 Å². The molecule has 3 aliphatic heterocycles. The molecule has 5 rings (SSSR count). The Labute approximate surface area is 164 Å². The number of fused-ring (bicyclic) bond motifs is 4. The highest BCUT2D eigenvalue weighted by atomic mass is 16.6. The lowest BCUT2D eigenvalue weighted by molar-refractivity contribution is -0.150. The van der Waals surface area contributed by atoms with Crippen molar-refractivity contribution in [2.75, 3.05) is 19.7 Å². The molecule has 0 bridgehead atoms. The topological polar surface area (TPSA) is 66.9 Å². The molecule has 0 saturated carbocycles. The van der Waals surface area contributed by atoms with Crippen LogP contribution in [0.15, 0.2) is 29.4 Å². The van der Waals surface area contributed by atoms with Crippen molar-refractivity contribution in [1.82, 2.24) is 9.88 Å². The fraction of sp³-hybridized carbons (Fsp3) is 0.545. The summed E-state index contributed by atoms with van der Waals surface area (Å²) < 4.78 is 6.34. The number of H-pyrrole nitrogens is 1. The maximum Gasteiger partial charge on any atom is 0.266 e. The molecule has 148 valence electrons. The Kier molecular flexibility index (Phi) is 4.19. The number of carbonyl (C=O) groups is 1. The van der Waals surface area contributed by atoms with Crippen LogP contribution in [0.5, 0.6) is 0 Å². The van der Waals surface area contributed by atoms with E-state index >= 15 is 0 Å². The summed E-state index contributed by atoms with van der Waals surface area (Å²) in [6.45, 7) is 6.27. The minimum absolute atomic E-state index is 0.0573. The third-order valence-electron chi connectivity index (χ3n) is 6.52. The predicted octanol–water partition coefficient (Wildman–Crippen LogP) is 3.36. The number of aromatic amines is 1. The van der Waals surface area contributed by atoms with Gasteiger partial charge in [0.1, 0.15) is 5.60 Å². The van der Waals surface area contributed by atoms with Gasteiger partial charge in [0.15, 0.2) is 0 Å². The first kappa shape index (κ1) is 17.7. The van der Waals surface area contributed by atoms with Crippen LogP contribution in [-0.4, -0.2) is 47.3 Å². The first-order chi connectivity index (χ1) is 13.6. The van der Waals surface area contributed by atoms with Crippen LogP contribution in [-0.2, 0) is 26.4 Å². The van der Waals surface area contributed by atoms with Gasteiger partial charge in [-0.05, 0) is 36.8 Å². The van der Waals surface area contributed by atoms with Crippen LogP contribution in [0.25, 0.3) is 10.9 Å². The summed E-state index contributed by atoms with van der Waals surface area (Å²) in [7, 11) is 0. The van der Waals surface area contributed by atoms with Gasteiger partial charge in [-0.2, -0.15) is 0 Å². The molecule has 0 aliphatic carbocycles. The van der Waals surface area contributed by atoms with E-state index in [4.69, 9.17) is 9.57 Å². The number of piperidine rings is 1. The summed E-state index contributed by atoms with van der Waals surface area (Å²) in [6.07, 6.45) is 2.71. The predicted molar refractivity (Wildman–Crippen MR) is 107 cm³/mol. The third kappa shape index (κ3) is 2.73. The summed E-state index contributed by atoms with van der Waals surface area (Å²) >= 11 is 0. The van der Waals surface area contributed by atoms with Gasteiger partial charge >= 0.3 is 0 Å². The van der Waals surface area contributed by atoms with Crippen LogP contribution in [0.3, 0.4) is 0 Å². The van der Waals surface area contributed by atoms with E-state index in [0.717, 1.165) is 31.6 Å². The highest BCUT2D eigenvalue weighted by molar-refractivity contribution is 5.93. The summed E-state index contributed by atoms with van der Waals surface area (Å²) in [5.41, 5.74) is 4.45. The van der Waals surface area contributed by atoms with Crippen molar-refractivity contribution in [3.05, 3.63) is 35.5 Å². The molecule has 1 unspecified atom stereocenters. The number of nitrogens with zero attached hydrogens (tertiary/aromatic N) is 2. The van der Waals surface area contributed by atoms with Gasteiger partial charge in [-0.15, -0.1) is 0 Å². The molecule has 1 atom stereocenters. The fourth-order valence-corrected chi connectivity index (χ4v) is 4.82. The number of aromatic nitrogens is 1. The largest absolute Gasteiger partial charge is 0.382 e. The molecule has 1 amide bonds. The second-order valence-electron chi connectivity index (χ2n) is 8.48. The summed E-state index contributed by atoms with van der Waals surface area (Å²) in [5, 5.41) is 5.41. The second kappa shape index (κ2) is 6.62. The van der Waals surface area contributed by atoms with Gasteiger partial charge in [0.2, 0.25) is 6.10 Å². The first-order valence-corrected chi connectivity index (χ1v) is 10.3. The number of para-hydroxylation sites is 1. The van der Waals surface area contributed by atoms with Gasteiger partial charge in [-0.25, -0.2) is 0 Å². The molecular weight excluding hydrogens is 354 g/mol. The number of oxime groups is 1. The molecule has 28 heavy (non-hydrogen) atoms. The van der Waals surface area contributed by atoms with Crippen molar-refractivity contribution in [2.24, 2.45) is 11.1 Å². The number of ether oxygens (including phenoxy) is 1. The lowest BCUT2D eigenvalue weighted by atomic mass is 9.83. The monoisotopic (exact) mass is 381 g/mol. The Bertz CT molecular complexity index is 938. The standard InChI is InChI=1S/C22H27N3O3/c1-14(2)18-13-19(28-24-18)21(26)25-10-8-22(9-11-25)20-16(7-12-27-22)15-5-3-4-6-17(15)23-20/h3-6,14,19,23H,7-13H2,1-2H3. The van der Waals surface area contributed by atoms with E-state index in [1.54, 1.807) is 0 Å². The normalized spacial score (nSPS) is 23.8. The maximum absolute atomic E-state index is 12.9. The lowest BCUT2D eigenvalue weighted by Gasteiger charge is -2.44. The average molecular weight is 381 g/mol. The Morgan fingerprint density at radius 1 is 1.29 bits per heavy atom. The summed E-state index contributed by atoms with van der Waals surface area (Å²) in [5.74, 6) is 0.375. The Morgan fingerprint density at radius 3 is 2.82 bits per heavy atom. The van der Waals surface area contributed by atoms with Crippen LogP contribution >= 0.6 is 0 Å². The Morgan fingerprint density at radius 2 is 2.07 bits per heavy atom. The zero-order chi connectivity index (χ0) is 19.3. The quantitative estimate of drug-likeness (QED) is 0.867. The number of hydrogen-bond donors (Lipinski definition) is 1. The number of benzene rings is 1. The van der Waals surface area contributed by atoms with Gasteiger partial charge in [0.25, 0.3) is 5.91 Å². The van der Waals surface area contributed by atoms with Crippen LogP contribution in [0.4, 0.5) is 0 Å². The van der Waals surface area contributed by atoms with Gasteiger partial charge in [0, 0.05) is 30.4 Å². The molecule has 0 radical (unpaired) electrons. The highest BCUT2D eigenvalue weighted by Crippen LogP contribution is 2.43. The SMILES string of the molecule is CC(C)C1=NOC(C(=O)N2CCC3(CC2)OCCc2c3[nH]c3ccccc23)C1. The van der Waals surface area contributed by atoms with E-state index in [9.17, 15) is 4.79 Å².